The van der Waals surface area contributed by atoms with Crippen LogP contribution in [0.2, 0.25) is 0 Å². The normalized spacial score (nSPS) is 17.2. The summed E-state index contributed by atoms with van der Waals surface area (Å²) in [6, 6.07) is 0. The van der Waals surface area contributed by atoms with Crippen molar-refractivity contribution < 1.29 is 15.0 Å². The fraction of sp³-hybridized carbons (Fsp3) is 0.889. The lowest BCUT2D eigenvalue weighted by Crippen LogP contribution is -2.54. The topological polar surface area (TPSA) is 69.6 Å². The Hall–Kier alpha value is -0.610. The van der Waals surface area contributed by atoms with Crippen molar-refractivity contribution in [1.29, 1.82) is 0 Å². The van der Waals surface area contributed by atoms with Gasteiger partial charge < -0.3 is 15.5 Å². The Morgan fingerprint density at radius 2 is 2.00 bits per heavy atom. The average molecular weight is 187 g/mol. The second kappa shape index (κ2) is 4.07. The Labute approximate surface area is 78.0 Å². The number of hydrogen-bond acceptors (Lipinski definition) is 3. The highest BCUT2D eigenvalue weighted by molar-refractivity contribution is 5.81. The maximum absolute atomic E-state index is 11.4. The van der Waals surface area contributed by atoms with Crippen molar-refractivity contribution in [1.82, 2.24) is 5.32 Å². The van der Waals surface area contributed by atoms with Crippen LogP contribution in [0.25, 0.3) is 0 Å². The van der Waals surface area contributed by atoms with Gasteiger partial charge in [0.15, 0.2) is 0 Å². The Bertz CT molecular complexity index is 177. The summed E-state index contributed by atoms with van der Waals surface area (Å²) < 4.78 is 0. The number of hydrogen-bond donors (Lipinski definition) is 3. The average Bonchev–Trinajstić information content (AvgIpc) is 2.97. The third-order valence-corrected chi connectivity index (χ3v) is 2.62. The molecule has 0 heterocycles. The van der Waals surface area contributed by atoms with Crippen LogP contribution >= 0.6 is 0 Å². The molecule has 4 heteroatoms. The number of amides is 1. The standard InChI is InChI=1S/C9H17NO3/c1-2-9(5-11,6-12)10-8(13)7-3-4-7/h7,11-12H,2-6H2,1H3,(H,10,13). The number of carbonyl (C=O) groups is 1. The zero-order chi connectivity index (χ0) is 9.90. The van der Waals surface area contributed by atoms with Gasteiger partial charge in [0.2, 0.25) is 5.91 Å². The Morgan fingerprint density at radius 3 is 2.31 bits per heavy atom. The van der Waals surface area contributed by atoms with E-state index in [1.807, 2.05) is 6.92 Å². The minimum Gasteiger partial charge on any atom is -0.394 e. The van der Waals surface area contributed by atoms with Crippen molar-refractivity contribution in [2.24, 2.45) is 5.92 Å². The lowest BCUT2D eigenvalue weighted by atomic mass is 9.98. The predicted octanol–water partition coefficient (Wildman–Crippen LogP) is -0.354. The zero-order valence-corrected chi connectivity index (χ0v) is 7.92. The third kappa shape index (κ3) is 2.42. The van der Waals surface area contributed by atoms with Gasteiger partial charge in [-0.2, -0.15) is 0 Å². The molecule has 0 unspecified atom stereocenters. The van der Waals surface area contributed by atoms with Gasteiger partial charge in [-0.15, -0.1) is 0 Å². The fourth-order valence-corrected chi connectivity index (χ4v) is 1.15. The van der Waals surface area contributed by atoms with Gasteiger partial charge in [-0.25, -0.2) is 0 Å². The van der Waals surface area contributed by atoms with Crippen molar-refractivity contribution in [3.8, 4) is 0 Å². The molecule has 0 saturated heterocycles. The summed E-state index contributed by atoms with van der Waals surface area (Å²) in [7, 11) is 0. The second-order valence-corrected chi connectivity index (χ2v) is 3.71. The first-order valence-electron chi connectivity index (χ1n) is 4.71. The number of aliphatic hydroxyl groups excluding tert-OH is 2. The highest BCUT2D eigenvalue weighted by atomic mass is 16.3. The van der Waals surface area contributed by atoms with E-state index in [9.17, 15) is 4.79 Å². The molecule has 0 radical (unpaired) electrons. The second-order valence-electron chi connectivity index (χ2n) is 3.71. The molecular weight excluding hydrogens is 170 g/mol. The molecule has 3 N–H and O–H groups in total. The first kappa shape index (κ1) is 10.5. The Balaban J connectivity index is 2.49. The SMILES string of the molecule is CCC(CO)(CO)NC(=O)C1CC1. The van der Waals surface area contributed by atoms with Crippen LogP contribution in [0.15, 0.2) is 0 Å². The molecule has 1 aliphatic rings. The van der Waals surface area contributed by atoms with Crippen molar-refractivity contribution in [2.45, 2.75) is 31.7 Å². The fourth-order valence-electron chi connectivity index (χ4n) is 1.15. The summed E-state index contributed by atoms with van der Waals surface area (Å²) in [5.41, 5.74) is -0.820. The molecule has 0 aromatic rings. The van der Waals surface area contributed by atoms with Gasteiger partial charge in [0, 0.05) is 5.92 Å². The molecule has 1 amide bonds. The van der Waals surface area contributed by atoms with E-state index >= 15 is 0 Å². The summed E-state index contributed by atoms with van der Waals surface area (Å²) >= 11 is 0. The number of rotatable bonds is 5. The van der Waals surface area contributed by atoms with Crippen LogP contribution in [0.1, 0.15) is 26.2 Å². The van der Waals surface area contributed by atoms with Gasteiger partial charge >= 0.3 is 0 Å². The van der Waals surface area contributed by atoms with Gasteiger partial charge in [0.05, 0.1) is 18.8 Å². The summed E-state index contributed by atoms with van der Waals surface area (Å²) in [5.74, 6) is 0.0778. The van der Waals surface area contributed by atoms with Crippen LogP contribution in [0, 0.1) is 5.92 Å². The van der Waals surface area contributed by atoms with Gasteiger partial charge in [-0.1, -0.05) is 6.92 Å². The molecule has 4 nitrogen and oxygen atoms in total. The lowest BCUT2D eigenvalue weighted by Gasteiger charge is -2.29. The van der Waals surface area contributed by atoms with Gasteiger partial charge in [-0.05, 0) is 19.3 Å². The van der Waals surface area contributed by atoms with Crippen molar-refractivity contribution >= 4 is 5.91 Å². The minimum absolute atomic E-state index is 0.0371. The van der Waals surface area contributed by atoms with Gasteiger partial charge in [0.25, 0.3) is 0 Å². The summed E-state index contributed by atoms with van der Waals surface area (Å²) in [5, 5.41) is 20.8. The molecular formula is C9H17NO3. The third-order valence-electron chi connectivity index (χ3n) is 2.62. The molecule has 0 aliphatic heterocycles. The first-order valence-corrected chi connectivity index (χ1v) is 4.71. The number of aliphatic hydroxyl groups is 2. The molecule has 0 bridgehead atoms. The largest absolute Gasteiger partial charge is 0.394 e. The van der Waals surface area contributed by atoms with Crippen LogP contribution in [-0.4, -0.2) is 34.9 Å². The highest BCUT2D eigenvalue weighted by Gasteiger charge is 2.35. The summed E-state index contributed by atoms with van der Waals surface area (Å²) in [6.07, 6.45) is 2.41. The quantitative estimate of drug-likeness (QED) is 0.551. The monoisotopic (exact) mass is 187 g/mol. The van der Waals surface area contributed by atoms with E-state index in [2.05, 4.69) is 5.32 Å². The molecule has 76 valence electrons. The van der Waals surface area contributed by atoms with Crippen LogP contribution in [-0.2, 0) is 4.79 Å². The smallest absolute Gasteiger partial charge is 0.223 e. The van der Waals surface area contributed by atoms with E-state index in [-0.39, 0.29) is 25.0 Å². The molecule has 1 rings (SSSR count). The Morgan fingerprint density at radius 1 is 1.46 bits per heavy atom. The predicted molar refractivity (Wildman–Crippen MR) is 48.1 cm³/mol. The number of carbonyl (C=O) groups excluding carboxylic acids is 1. The lowest BCUT2D eigenvalue weighted by molar-refractivity contribution is -0.125. The van der Waals surface area contributed by atoms with Crippen LogP contribution in [0.4, 0.5) is 0 Å². The molecule has 1 saturated carbocycles. The van der Waals surface area contributed by atoms with E-state index in [1.54, 1.807) is 0 Å². The molecule has 0 atom stereocenters. The Kier molecular flexibility index (Phi) is 3.27. The molecule has 13 heavy (non-hydrogen) atoms. The van der Waals surface area contributed by atoms with E-state index in [4.69, 9.17) is 10.2 Å². The van der Waals surface area contributed by atoms with Crippen LogP contribution in [0.5, 0.6) is 0 Å². The van der Waals surface area contributed by atoms with Gasteiger partial charge in [0.1, 0.15) is 0 Å². The molecule has 1 fully saturated rings. The van der Waals surface area contributed by atoms with Crippen molar-refractivity contribution in [3.63, 3.8) is 0 Å². The van der Waals surface area contributed by atoms with E-state index in [0.717, 1.165) is 12.8 Å². The molecule has 0 spiro atoms. The van der Waals surface area contributed by atoms with E-state index in [1.165, 1.54) is 0 Å². The first-order chi connectivity index (χ1) is 6.17. The maximum atomic E-state index is 11.4. The summed E-state index contributed by atoms with van der Waals surface area (Å²) in [6.45, 7) is 1.41. The number of nitrogens with one attached hydrogen (secondary N) is 1. The van der Waals surface area contributed by atoms with Crippen molar-refractivity contribution in [3.05, 3.63) is 0 Å². The van der Waals surface area contributed by atoms with Gasteiger partial charge in [-0.3, -0.25) is 4.79 Å². The van der Waals surface area contributed by atoms with E-state index in [0.29, 0.717) is 6.42 Å². The zero-order valence-electron chi connectivity index (χ0n) is 7.92. The van der Waals surface area contributed by atoms with Crippen LogP contribution in [0.3, 0.4) is 0 Å². The van der Waals surface area contributed by atoms with E-state index < -0.39 is 5.54 Å². The molecule has 0 aromatic heterocycles. The molecule has 1 aliphatic carbocycles. The van der Waals surface area contributed by atoms with Crippen LogP contribution < -0.4 is 5.32 Å². The maximum Gasteiger partial charge on any atom is 0.223 e. The van der Waals surface area contributed by atoms with Crippen molar-refractivity contribution in [2.75, 3.05) is 13.2 Å². The summed E-state index contributed by atoms with van der Waals surface area (Å²) in [4.78, 5) is 11.4. The minimum atomic E-state index is -0.820. The highest BCUT2D eigenvalue weighted by Crippen LogP contribution is 2.29. The molecule has 0 aromatic carbocycles.